The number of likely N-dealkylation sites (tertiary alicyclic amines) is 1. The van der Waals surface area contributed by atoms with Crippen LogP contribution in [0.5, 0.6) is 0 Å². The molecule has 0 aromatic heterocycles. The van der Waals surface area contributed by atoms with Crippen molar-refractivity contribution in [3.05, 3.63) is 60.2 Å². The molecule has 5 rings (SSSR count). The lowest BCUT2D eigenvalue weighted by Crippen LogP contribution is -2.53. The van der Waals surface area contributed by atoms with Crippen LogP contribution in [0.15, 0.2) is 59.5 Å². The number of piperidine rings is 1. The number of rotatable bonds is 6. The molecular weight excluding hydrogens is 482 g/mol. The van der Waals surface area contributed by atoms with Crippen LogP contribution < -0.4 is 4.90 Å². The van der Waals surface area contributed by atoms with E-state index in [0.29, 0.717) is 31.7 Å². The van der Waals surface area contributed by atoms with Gasteiger partial charge >= 0.3 is 12.1 Å². The second-order valence-corrected chi connectivity index (χ2v) is 9.96. The smallest absolute Gasteiger partial charge is 0.410 e. The van der Waals surface area contributed by atoms with Gasteiger partial charge in [0.15, 0.2) is 6.04 Å². The second kappa shape index (κ2) is 10.6. The first-order chi connectivity index (χ1) is 17.5. The molecule has 0 bridgehead atoms. The first-order valence-corrected chi connectivity index (χ1v) is 13.0. The minimum absolute atomic E-state index is 0.0126. The number of benzene rings is 2. The summed E-state index contributed by atoms with van der Waals surface area (Å²) in [6, 6.07) is 15.9. The lowest BCUT2D eigenvalue weighted by atomic mass is 10.0. The van der Waals surface area contributed by atoms with Gasteiger partial charge < -0.3 is 19.3 Å². The van der Waals surface area contributed by atoms with Crippen LogP contribution in [-0.2, 0) is 30.5 Å². The molecule has 0 N–H and O–H groups in total. The Morgan fingerprint density at radius 2 is 1.72 bits per heavy atom. The molecule has 3 amide bonds. The third-order valence-corrected chi connectivity index (χ3v) is 7.77. The minimum atomic E-state index is -0.798. The maximum absolute atomic E-state index is 13.1. The van der Waals surface area contributed by atoms with Crippen molar-refractivity contribution in [2.24, 2.45) is 0 Å². The Hall–Kier alpha value is -3.53. The fourth-order valence-corrected chi connectivity index (χ4v) is 5.73. The van der Waals surface area contributed by atoms with Gasteiger partial charge in [-0.1, -0.05) is 42.5 Å². The second-order valence-electron chi connectivity index (χ2n) is 8.94. The van der Waals surface area contributed by atoms with Crippen LogP contribution in [0, 0.1) is 0 Å². The van der Waals surface area contributed by atoms with Crippen LogP contribution in [0.1, 0.15) is 18.4 Å². The molecule has 2 aromatic carbocycles. The summed E-state index contributed by atoms with van der Waals surface area (Å²) in [4.78, 5) is 56.5. The van der Waals surface area contributed by atoms with Crippen LogP contribution in [0.4, 0.5) is 10.5 Å². The van der Waals surface area contributed by atoms with Crippen molar-refractivity contribution in [1.82, 2.24) is 9.80 Å². The molecule has 0 saturated carbocycles. The van der Waals surface area contributed by atoms with Gasteiger partial charge in [0.1, 0.15) is 19.8 Å². The monoisotopic (exact) mass is 509 g/mol. The Balaban J connectivity index is 1.17. The summed E-state index contributed by atoms with van der Waals surface area (Å²) in [7, 11) is 0. The molecule has 3 heterocycles. The summed E-state index contributed by atoms with van der Waals surface area (Å²) in [5.74, 6) is -0.404. The Kier molecular flexibility index (Phi) is 7.13. The van der Waals surface area contributed by atoms with Crippen molar-refractivity contribution in [2.45, 2.75) is 36.4 Å². The summed E-state index contributed by atoms with van der Waals surface area (Å²) >= 11 is 1.48. The molecule has 9 nitrogen and oxygen atoms in total. The molecule has 1 unspecified atom stereocenters. The van der Waals surface area contributed by atoms with Crippen LogP contribution in [0.25, 0.3) is 0 Å². The molecule has 10 heteroatoms. The van der Waals surface area contributed by atoms with Crippen molar-refractivity contribution in [1.29, 1.82) is 0 Å². The highest BCUT2D eigenvalue weighted by Gasteiger charge is 2.44. The van der Waals surface area contributed by atoms with Gasteiger partial charge in [-0.25, -0.2) is 9.59 Å². The summed E-state index contributed by atoms with van der Waals surface area (Å²) < 4.78 is 10.6. The molecule has 1 atom stereocenters. The Bertz CT molecular complexity index is 1150. The Labute approximate surface area is 213 Å². The maximum atomic E-state index is 13.1. The van der Waals surface area contributed by atoms with Crippen molar-refractivity contribution in [3.63, 3.8) is 0 Å². The van der Waals surface area contributed by atoms with Crippen molar-refractivity contribution < 1.29 is 28.7 Å². The third-order valence-electron chi connectivity index (χ3n) is 6.72. The van der Waals surface area contributed by atoms with Gasteiger partial charge in [-0.15, -0.1) is 11.8 Å². The predicted octanol–water partition coefficient (Wildman–Crippen LogP) is 2.68. The average Bonchev–Trinajstić information content (AvgIpc) is 3.31. The minimum Gasteiger partial charge on any atom is -0.459 e. The number of cyclic esters (lactones) is 1. The number of amides is 3. The van der Waals surface area contributed by atoms with E-state index < -0.39 is 18.1 Å². The van der Waals surface area contributed by atoms with Gasteiger partial charge in [-0.05, 0) is 30.5 Å². The van der Waals surface area contributed by atoms with E-state index in [0.717, 1.165) is 16.1 Å². The van der Waals surface area contributed by atoms with E-state index in [1.54, 1.807) is 9.80 Å². The molecule has 2 saturated heterocycles. The number of para-hydroxylation sites is 1. The first kappa shape index (κ1) is 24.2. The van der Waals surface area contributed by atoms with Gasteiger partial charge in [0.25, 0.3) is 0 Å². The first-order valence-electron chi connectivity index (χ1n) is 12.0. The number of hydrogen-bond donors (Lipinski definition) is 0. The van der Waals surface area contributed by atoms with E-state index in [1.165, 1.54) is 16.7 Å². The largest absolute Gasteiger partial charge is 0.459 e. The number of ether oxygens (including phenoxy) is 2. The summed E-state index contributed by atoms with van der Waals surface area (Å²) in [5, 5.41) is 0. The van der Waals surface area contributed by atoms with E-state index in [-0.39, 0.29) is 37.6 Å². The van der Waals surface area contributed by atoms with E-state index in [2.05, 4.69) is 0 Å². The standard InChI is InChI=1S/C26H27N3O6S/c30-23(14-28-20-8-4-5-9-22(20)36-17-24(28)31)27-12-10-19(11-13-27)29-21(16-35-26(29)33)25(32)34-15-18-6-2-1-3-7-18/h1-9,19,21H,10-17H2. The molecule has 2 aromatic rings. The zero-order chi connectivity index (χ0) is 25.1. The van der Waals surface area contributed by atoms with Gasteiger partial charge in [-0.3, -0.25) is 14.5 Å². The van der Waals surface area contributed by atoms with Crippen molar-refractivity contribution >= 4 is 41.3 Å². The molecule has 3 aliphatic rings. The summed E-state index contributed by atoms with van der Waals surface area (Å²) in [6.45, 7) is 0.929. The molecule has 3 aliphatic heterocycles. The number of thioether (sulfide) groups is 1. The van der Waals surface area contributed by atoms with Crippen molar-refractivity contribution in [2.75, 3.05) is 36.9 Å². The molecule has 188 valence electrons. The number of anilines is 1. The maximum Gasteiger partial charge on any atom is 0.410 e. The highest BCUT2D eigenvalue weighted by atomic mass is 32.2. The van der Waals surface area contributed by atoms with Crippen LogP contribution in [-0.4, -0.2) is 77.8 Å². The fraction of sp³-hybridized carbons (Fsp3) is 0.385. The molecule has 0 aliphatic carbocycles. The quantitative estimate of drug-likeness (QED) is 0.553. The fourth-order valence-electron chi connectivity index (χ4n) is 4.80. The van der Waals surface area contributed by atoms with Crippen LogP contribution >= 0.6 is 11.8 Å². The van der Waals surface area contributed by atoms with E-state index >= 15 is 0 Å². The topological polar surface area (TPSA) is 96.5 Å². The SMILES string of the molecule is O=C(OCc1ccccc1)C1COC(=O)N1C1CCN(C(=O)CN2C(=O)CSc3ccccc32)CC1. The number of carbonyl (C=O) groups is 4. The lowest BCUT2D eigenvalue weighted by molar-refractivity contribution is -0.150. The third kappa shape index (κ3) is 5.04. The van der Waals surface area contributed by atoms with Crippen LogP contribution in [0.3, 0.4) is 0 Å². The number of nitrogens with zero attached hydrogens (tertiary/aromatic N) is 3. The zero-order valence-corrected chi connectivity index (χ0v) is 20.5. The Morgan fingerprint density at radius 3 is 2.50 bits per heavy atom. The van der Waals surface area contributed by atoms with E-state index in [1.807, 2.05) is 54.6 Å². The van der Waals surface area contributed by atoms with Gasteiger partial charge in [-0.2, -0.15) is 0 Å². The number of fused-ring (bicyclic) bond motifs is 1. The lowest BCUT2D eigenvalue weighted by Gasteiger charge is -2.38. The summed E-state index contributed by atoms with van der Waals surface area (Å²) in [5.41, 5.74) is 1.63. The Morgan fingerprint density at radius 1 is 1.00 bits per heavy atom. The highest BCUT2D eigenvalue weighted by molar-refractivity contribution is 8.00. The number of hydrogen-bond acceptors (Lipinski definition) is 7. The molecule has 0 spiro atoms. The predicted molar refractivity (Wildman–Crippen MR) is 132 cm³/mol. The zero-order valence-electron chi connectivity index (χ0n) is 19.7. The molecular formula is C26H27N3O6S. The molecule has 36 heavy (non-hydrogen) atoms. The summed E-state index contributed by atoms with van der Waals surface area (Å²) in [6.07, 6.45) is 0.502. The number of carbonyl (C=O) groups excluding carboxylic acids is 4. The normalized spacial score (nSPS) is 20.2. The molecule has 0 radical (unpaired) electrons. The van der Waals surface area contributed by atoms with E-state index in [4.69, 9.17) is 9.47 Å². The number of esters is 1. The van der Waals surface area contributed by atoms with E-state index in [9.17, 15) is 19.2 Å². The van der Waals surface area contributed by atoms with Crippen LogP contribution in [0.2, 0.25) is 0 Å². The average molecular weight is 510 g/mol. The highest BCUT2D eigenvalue weighted by Crippen LogP contribution is 2.35. The van der Waals surface area contributed by atoms with Gasteiger partial charge in [0.2, 0.25) is 11.8 Å². The molecule has 2 fully saturated rings. The van der Waals surface area contributed by atoms with Gasteiger partial charge in [0.05, 0.1) is 11.4 Å². The van der Waals surface area contributed by atoms with Crippen molar-refractivity contribution in [3.8, 4) is 0 Å². The van der Waals surface area contributed by atoms with Gasteiger partial charge in [0, 0.05) is 24.0 Å².